The summed E-state index contributed by atoms with van der Waals surface area (Å²) in [6.45, 7) is 1.95. The molecule has 5 nitrogen and oxygen atoms in total. The minimum Gasteiger partial charge on any atom is -0.483 e. The number of nitrogens with zero attached hydrogens (tertiary/aromatic N) is 3. The van der Waals surface area contributed by atoms with Gasteiger partial charge in [0.25, 0.3) is 5.91 Å². The van der Waals surface area contributed by atoms with Crippen molar-refractivity contribution in [2.75, 3.05) is 7.05 Å². The van der Waals surface area contributed by atoms with E-state index in [2.05, 4.69) is 5.10 Å². The maximum absolute atomic E-state index is 13.7. The summed E-state index contributed by atoms with van der Waals surface area (Å²) in [5.41, 5.74) is 2.73. The van der Waals surface area contributed by atoms with Gasteiger partial charge in [-0.15, -0.1) is 0 Å². The molecule has 1 aromatic heterocycles. The quantitative estimate of drug-likeness (QED) is 0.444. The number of aromatic nitrogens is 2. The monoisotopic (exact) mass is 421 g/mol. The Bertz CT molecular complexity index is 1050. The largest absolute Gasteiger partial charge is 0.483 e. The van der Waals surface area contributed by atoms with Crippen LogP contribution in [0.1, 0.15) is 27.2 Å². The predicted octanol–water partition coefficient (Wildman–Crippen LogP) is 4.14. The molecule has 0 unspecified atom stereocenters. The van der Waals surface area contributed by atoms with E-state index in [-0.39, 0.29) is 18.6 Å². The second kappa shape index (κ2) is 8.56. The Morgan fingerprint density at radius 1 is 1.10 bits per heavy atom. The van der Waals surface area contributed by atoms with Crippen LogP contribution in [0.4, 0.5) is 17.6 Å². The Morgan fingerprint density at radius 3 is 2.23 bits per heavy atom. The zero-order valence-corrected chi connectivity index (χ0v) is 16.5. The summed E-state index contributed by atoms with van der Waals surface area (Å²) in [6, 6.07) is 6.24. The van der Waals surface area contributed by atoms with Crippen molar-refractivity contribution in [2.45, 2.75) is 20.1 Å². The predicted molar refractivity (Wildman–Crippen MR) is 101 cm³/mol. The third-order valence-electron chi connectivity index (χ3n) is 4.75. The van der Waals surface area contributed by atoms with E-state index in [1.165, 1.54) is 29.2 Å². The van der Waals surface area contributed by atoms with E-state index in [9.17, 15) is 22.4 Å². The van der Waals surface area contributed by atoms with Gasteiger partial charge < -0.3 is 9.64 Å². The van der Waals surface area contributed by atoms with Gasteiger partial charge in [-0.3, -0.25) is 9.48 Å². The molecule has 3 rings (SSSR count). The normalized spacial score (nSPS) is 10.9. The van der Waals surface area contributed by atoms with E-state index in [1.807, 2.05) is 14.0 Å². The van der Waals surface area contributed by atoms with Crippen LogP contribution in [0.5, 0.6) is 5.75 Å². The number of benzene rings is 2. The summed E-state index contributed by atoms with van der Waals surface area (Å²) in [5, 5.41) is 4.15. The van der Waals surface area contributed by atoms with Gasteiger partial charge in [0.1, 0.15) is 6.61 Å². The van der Waals surface area contributed by atoms with Crippen molar-refractivity contribution in [1.82, 2.24) is 14.7 Å². The van der Waals surface area contributed by atoms with Crippen molar-refractivity contribution >= 4 is 5.91 Å². The van der Waals surface area contributed by atoms with Gasteiger partial charge in [-0.2, -0.15) is 13.9 Å². The number of aryl methyl sites for hydroxylation is 1. The molecular weight excluding hydrogens is 402 g/mol. The molecule has 1 heterocycles. The highest BCUT2D eigenvalue weighted by molar-refractivity contribution is 5.94. The lowest BCUT2D eigenvalue weighted by Crippen LogP contribution is -2.26. The second-order valence-electron chi connectivity index (χ2n) is 6.82. The van der Waals surface area contributed by atoms with Crippen molar-refractivity contribution in [3.8, 4) is 5.75 Å². The molecule has 0 bridgehead atoms. The highest BCUT2D eigenvalue weighted by Crippen LogP contribution is 2.27. The van der Waals surface area contributed by atoms with Gasteiger partial charge in [-0.25, -0.2) is 8.78 Å². The van der Waals surface area contributed by atoms with E-state index in [1.54, 1.807) is 17.9 Å². The Balaban J connectivity index is 1.66. The van der Waals surface area contributed by atoms with E-state index in [0.717, 1.165) is 11.3 Å². The van der Waals surface area contributed by atoms with E-state index in [4.69, 9.17) is 4.74 Å². The summed E-state index contributed by atoms with van der Waals surface area (Å²) in [6.07, 6.45) is 1.70. The molecule has 0 atom stereocenters. The molecule has 0 fully saturated rings. The number of hydrogen-bond donors (Lipinski definition) is 0. The molecule has 30 heavy (non-hydrogen) atoms. The smallest absolute Gasteiger partial charge is 0.253 e. The van der Waals surface area contributed by atoms with Gasteiger partial charge in [0, 0.05) is 43.5 Å². The zero-order chi connectivity index (χ0) is 22.0. The molecule has 0 saturated carbocycles. The molecule has 9 heteroatoms. The number of carbonyl (C=O) groups is 1. The van der Waals surface area contributed by atoms with Crippen LogP contribution in [-0.2, 0) is 20.2 Å². The number of hydrogen-bond acceptors (Lipinski definition) is 3. The molecule has 0 aliphatic carbocycles. The first kappa shape index (κ1) is 21.4. The number of carbonyl (C=O) groups excluding carboxylic acids is 1. The Kier molecular flexibility index (Phi) is 6.09. The summed E-state index contributed by atoms with van der Waals surface area (Å²) in [5.74, 6) is -7.65. The molecule has 0 N–H and O–H groups in total. The van der Waals surface area contributed by atoms with Crippen LogP contribution in [0.3, 0.4) is 0 Å². The lowest BCUT2D eigenvalue weighted by molar-refractivity contribution is 0.0785. The number of halogens is 4. The molecule has 0 spiro atoms. The summed E-state index contributed by atoms with van der Waals surface area (Å²) >= 11 is 0. The molecule has 0 radical (unpaired) electrons. The van der Waals surface area contributed by atoms with Crippen LogP contribution in [0.25, 0.3) is 0 Å². The Labute approximate surface area is 170 Å². The molecule has 2 aromatic carbocycles. The fourth-order valence-corrected chi connectivity index (χ4v) is 2.82. The zero-order valence-electron chi connectivity index (χ0n) is 16.5. The number of rotatable bonds is 6. The SMILES string of the molecule is Cc1c(CN(C)C(=O)c2ccc(COc3c(F)c(F)cc(F)c3F)cc2)cnn1C. The maximum atomic E-state index is 13.7. The average Bonchev–Trinajstić information content (AvgIpc) is 3.04. The molecule has 1 amide bonds. The van der Waals surface area contributed by atoms with Gasteiger partial charge in [-0.1, -0.05) is 12.1 Å². The molecule has 0 aliphatic rings. The van der Waals surface area contributed by atoms with Crippen LogP contribution in [-0.4, -0.2) is 27.6 Å². The first-order valence-electron chi connectivity index (χ1n) is 8.96. The van der Waals surface area contributed by atoms with Gasteiger partial charge in [-0.05, 0) is 24.6 Å². The van der Waals surface area contributed by atoms with Crippen molar-refractivity contribution in [3.63, 3.8) is 0 Å². The lowest BCUT2D eigenvalue weighted by Gasteiger charge is -2.17. The molecular formula is C21H19F4N3O2. The van der Waals surface area contributed by atoms with E-state index >= 15 is 0 Å². The minimum atomic E-state index is -1.60. The summed E-state index contributed by atoms with van der Waals surface area (Å²) < 4.78 is 60.4. The average molecular weight is 421 g/mol. The fraction of sp³-hybridized carbons (Fsp3) is 0.238. The van der Waals surface area contributed by atoms with Crippen LogP contribution in [0.15, 0.2) is 36.5 Å². The Hall–Kier alpha value is -3.36. The van der Waals surface area contributed by atoms with Gasteiger partial charge in [0.15, 0.2) is 17.4 Å². The van der Waals surface area contributed by atoms with Crippen LogP contribution >= 0.6 is 0 Å². The second-order valence-corrected chi connectivity index (χ2v) is 6.82. The highest BCUT2D eigenvalue weighted by Gasteiger charge is 2.21. The third kappa shape index (κ3) is 4.29. The lowest BCUT2D eigenvalue weighted by atomic mass is 10.1. The third-order valence-corrected chi connectivity index (χ3v) is 4.75. The molecule has 0 aliphatic heterocycles. The maximum Gasteiger partial charge on any atom is 0.253 e. The molecule has 158 valence electrons. The first-order valence-corrected chi connectivity index (χ1v) is 8.96. The van der Waals surface area contributed by atoms with Crippen LogP contribution in [0, 0.1) is 30.2 Å². The standard InChI is InChI=1S/C21H19F4N3O2/c1-12-15(9-26-28(12)3)10-27(2)21(29)14-6-4-13(5-7-14)11-30-20-18(24)16(22)8-17(23)19(20)25/h4-9H,10-11H2,1-3H3. The van der Waals surface area contributed by atoms with E-state index < -0.39 is 29.0 Å². The summed E-state index contributed by atoms with van der Waals surface area (Å²) in [7, 11) is 3.48. The van der Waals surface area contributed by atoms with Gasteiger partial charge in [0.05, 0.1) is 6.20 Å². The topological polar surface area (TPSA) is 47.4 Å². The highest BCUT2D eigenvalue weighted by atomic mass is 19.2. The van der Waals surface area contributed by atoms with Crippen molar-refractivity contribution < 1.29 is 27.1 Å². The van der Waals surface area contributed by atoms with Crippen LogP contribution < -0.4 is 4.74 Å². The summed E-state index contributed by atoms with van der Waals surface area (Å²) in [4.78, 5) is 14.1. The fourth-order valence-electron chi connectivity index (χ4n) is 2.82. The van der Waals surface area contributed by atoms with Gasteiger partial charge >= 0.3 is 0 Å². The van der Waals surface area contributed by atoms with Crippen LogP contribution in [0.2, 0.25) is 0 Å². The van der Waals surface area contributed by atoms with E-state index in [0.29, 0.717) is 17.7 Å². The first-order chi connectivity index (χ1) is 14.2. The molecule has 0 saturated heterocycles. The Morgan fingerprint density at radius 2 is 1.70 bits per heavy atom. The number of amides is 1. The van der Waals surface area contributed by atoms with Crippen molar-refractivity contribution in [1.29, 1.82) is 0 Å². The van der Waals surface area contributed by atoms with Crippen molar-refractivity contribution in [3.05, 3.63) is 82.2 Å². The minimum absolute atomic E-state index is 0.113. The number of ether oxygens (including phenoxy) is 1. The molecule has 3 aromatic rings. The van der Waals surface area contributed by atoms with Gasteiger partial charge in [0.2, 0.25) is 11.6 Å². The van der Waals surface area contributed by atoms with Crippen molar-refractivity contribution in [2.24, 2.45) is 7.05 Å².